The van der Waals surface area contributed by atoms with Gasteiger partial charge in [-0.3, -0.25) is 9.59 Å². The molecule has 0 radical (unpaired) electrons. The zero-order valence-corrected chi connectivity index (χ0v) is 14.9. The molecule has 1 aliphatic rings. The maximum atomic E-state index is 12.6. The van der Waals surface area contributed by atoms with Gasteiger partial charge in [-0.1, -0.05) is 47.6 Å². The molecule has 2 amide bonds. The second-order valence-electron chi connectivity index (χ2n) is 6.55. The molecule has 1 fully saturated rings. The fraction of sp³-hybridized carbons (Fsp3) is 0.190. The third kappa shape index (κ3) is 3.33. The van der Waals surface area contributed by atoms with Gasteiger partial charge in [0.05, 0.1) is 0 Å². The summed E-state index contributed by atoms with van der Waals surface area (Å²) in [4.78, 5) is 26.0. The lowest BCUT2D eigenvalue weighted by molar-refractivity contribution is 0.0591. The molecule has 3 aromatic rings. The number of amides is 2. The average Bonchev–Trinajstić information content (AvgIpc) is 3.17. The Hall–Kier alpha value is -3.41. The summed E-state index contributed by atoms with van der Waals surface area (Å²) in [5, 5.41) is 6.50. The van der Waals surface area contributed by atoms with Crippen molar-refractivity contribution < 1.29 is 14.1 Å². The maximum absolute atomic E-state index is 12.6. The quantitative estimate of drug-likeness (QED) is 0.775. The van der Waals surface area contributed by atoms with Crippen LogP contribution >= 0.6 is 0 Å². The predicted octanol–water partition coefficient (Wildman–Crippen LogP) is 2.94. The molecule has 0 bridgehead atoms. The maximum Gasteiger partial charge on any atom is 0.276 e. The Morgan fingerprint density at radius 1 is 1.07 bits per heavy atom. The first-order valence-corrected chi connectivity index (χ1v) is 8.79. The molecular formula is C21H19N3O3. The van der Waals surface area contributed by atoms with Crippen LogP contribution in [0.3, 0.4) is 0 Å². The molecule has 4 rings (SSSR count). The molecule has 6 heteroatoms. The van der Waals surface area contributed by atoms with Crippen molar-refractivity contribution in [2.24, 2.45) is 0 Å². The minimum atomic E-state index is -0.152. The van der Waals surface area contributed by atoms with Crippen molar-refractivity contribution in [1.82, 2.24) is 15.4 Å². The first kappa shape index (κ1) is 17.0. The number of likely N-dealkylation sites (tertiary alicyclic amines) is 1. The molecule has 1 aliphatic heterocycles. The van der Waals surface area contributed by atoms with Crippen molar-refractivity contribution in [3.63, 3.8) is 0 Å². The van der Waals surface area contributed by atoms with Crippen LogP contribution in [0.15, 0.2) is 65.2 Å². The molecule has 2 aromatic carbocycles. The van der Waals surface area contributed by atoms with E-state index in [0.29, 0.717) is 36.0 Å². The zero-order valence-electron chi connectivity index (χ0n) is 14.9. The lowest BCUT2D eigenvalue weighted by Gasteiger charge is -2.39. The van der Waals surface area contributed by atoms with E-state index in [0.717, 1.165) is 5.56 Å². The van der Waals surface area contributed by atoms with Gasteiger partial charge in [0.1, 0.15) is 0 Å². The molecule has 1 aromatic heterocycles. The fourth-order valence-electron chi connectivity index (χ4n) is 3.18. The molecule has 1 saturated heterocycles. The van der Waals surface area contributed by atoms with Crippen molar-refractivity contribution in [2.45, 2.75) is 5.92 Å². The topological polar surface area (TPSA) is 75.4 Å². The van der Waals surface area contributed by atoms with E-state index in [9.17, 15) is 9.59 Å². The molecule has 136 valence electrons. The van der Waals surface area contributed by atoms with E-state index in [2.05, 4.69) is 22.6 Å². The second-order valence-corrected chi connectivity index (χ2v) is 6.55. The molecule has 2 heterocycles. The van der Waals surface area contributed by atoms with Crippen molar-refractivity contribution in [3.8, 4) is 11.3 Å². The van der Waals surface area contributed by atoms with Crippen molar-refractivity contribution in [3.05, 3.63) is 77.5 Å². The van der Waals surface area contributed by atoms with Gasteiger partial charge in [0, 0.05) is 43.2 Å². The fourth-order valence-corrected chi connectivity index (χ4v) is 3.18. The van der Waals surface area contributed by atoms with Crippen molar-refractivity contribution in [2.75, 3.05) is 20.1 Å². The third-order valence-corrected chi connectivity index (χ3v) is 4.83. The molecule has 6 nitrogen and oxygen atoms in total. The monoisotopic (exact) mass is 361 g/mol. The Morgan fingerprint density at radius 3 is 2.44 bits per heavy atom. The standard InChI is InChI=1S/C21H19N3O3/c1-22-20(25)16-9-7-15(8-10-16)19-11-18(23-27-19)21(26)24-12-17(13-24)14-5-3-2-4-6-14/h2-11,17H,12-13H2,1H3,(H,22,25). The third-order valence-electron chi connectivity index (χ3n) is 4.83. The summed E-state index contributed by atoms with van der Waals surface area (Å²) in [5.74, 6) is 0.598. The molecule has 1 N–H and O–H groups in total. The molecule has 0 spiro atoms. The zero-order chi connectivity index (χ0) is 18.8. The van der Waals surface area contributed by atoms with Gasteiger partial charge in [-0.25, -0.2) is 0 Å². The first-order chi connectivity index (χ1) is 13.2. The predicted molar refractivity (Wildman–Crippen MR) is 100 cm³/mol. The van der Waals surface area contributed by atoms with Crippen LogP contribution in [0.25, 0.3) is 11.3 Å². The Morgan fingerprint density at radius 2 is 1.78 bits per heavy atom. The summed E-state index contributed by atoms with van der Waals surface area (Å²) in [6.45, 7) is 1.37. The Bertz CT molecular complexity index is 958. The van der Waals surface area contributed by atoms with Crippen LogP contribution in [-0.4, -0.2) is 42.0 Å². The number of carbonyl (C=O) groups excluding carboxylic acids is 2. The van der Waals surface area contributed by atoms with E-state index in [1.807, 2.05) is 18.2 Å². The number of hydrogen-bond donors (Lipinski definition) is 1. The highest BCUT2D eigenvalue weighted by Crippen LogP contribution is 2.29. The van der Waals surface area contributed by atoms with Crippen LogP contribution in [0.4, 0.5) is 0 Å². The Balaban J connectivity index is 1.42. The number of carbonyl (C=O) groups is 2. The van der Waals surface area contributed by atoms with Crippen LogP contribution < -0.4 is 5.32 Å². The highest BCUT2D eigenvalue weighted by atomic mass is 16.5. The number of rotatable bonds is 4. The van der Waals surface area contributed by atoms with Gasteiger partial charge in [0.25, 0.3) is 11.8 Å². The number of hydrogen-bond acceptors (Lipinski definition) is 4. The summed E-state index contributed by atoms with van der Waals surface area (Å²) in [6.07, 6.45) is 0. The van der Waals surface area contributed by atoms with E-state index in [4.69, 9.17) is 4.52 Å². The van der Waals surface area contributed by atoms with Crippen LogP contribution in [0.1, 0.15) is 32.3 Å². The minimum Gasteiger partial charge on any atom is -0.355 e. The van der Waals surface area contributed by atoms with Gasteiger partial charge in [0.2, 0.25) is 0 Å². The second kappa shape index (κ2) is 7.07. The normalized spacial score (nSPS) is 13.9. The van der Waals surface area contributed by atoms with E-state index in [-0.39, 0.29) is 11.8 Å². The van der Waals surface area contributed by atoms with Gasteiger partial charge in [-0.15, -0.1) is 0 Å². The van der Waals surface area contributed by atoms with E-state index < -0.39 is 0 Å². The summed E-state index contributed by atoms with van der Waals surface area (Å²) < 4.78 is 5.33. The highest BCUT2D eigenvalue weighted by molar-refractivity contribution is 5.95. The van der Waals surface area contributed by atoms with E-state index in [1.165, 1.54) is 5.56 Å². The number of nitrogens with one attached hydrogen (secondary N) is 1. The van der Waals surface area contributed by atoms with Crippen LogP contribution in [0, 0.1) is 0 Å². The van der Waals surface area contributed by atoms with Gasteiger partial charge < -0.3 is 14.7 Å². The summed E-state index contributed by atoms with van der Waals surface area (Å²) in [7, 11) is 1.59. The average molecular weight is 361 g/mol. The van der Waals surface area contributed by atoms with Gasteiger partial charge >= 0.3 is 0 Å². The Labute approximate surface area is 156 Å². The minimum absolute atomic E-state index is 0.126. The molecular weight excluding hydrogens is 342 g/mol. The highest BCUT2D eigenvalue weighted by Gasteiger charge is 2.33. The van der Waals surface area contributed by atoms with Crippen LogP contribution in [-0.2, 0) is 0 Å². The van der Waals surface area contributed by atoms with Crippen molar-refractivity contribution >= 4 is 11.8 Å². The van der Waals surface area contributed by atoms with Gasteiger partial charge in [-0.2, -0.15) is 0 Å². The number of aromatic nitrogens is 1. The largest absolute Gasteiger partial charge is 0.355 e. The SMILES string of the molecule is CNC(=O)c1ccc(-c2cc(C(=O)N3CC(c4ccccc4)C3)no2)cc1. The molecule has 0 saturated carbocycles. The first-order valence-electron chi connectivity index (χ1n) is 8.79. The molecule has 0 atom stereocenters. The lowest BCUT2D eigenvalue weighted by atomic mass is 9.91. The smallest absolute Gasteiger partial charge is 0.276 e. The lowest BCUT2D eigenvalue weighted by Crippen LogP contribution is -2.48. The van der Waals surface area contributed by atoms with E-state index in [1.54, 1.807) is 42.3 Å². The summed E-state index contributed by atoms with van der Waals surface area (Å²) in [6, 6.07) is 18.8. The molecule has 0 aliphatic carbocycles. The number of benzene rings is 2. The Kier molecular flexibility index (Phi) is 4.46. The van der Waals surface area contributed by atoms with Crippen LogP contribution in [0.2, 0.25) is 0 Å². The van der Waals surface area contributed by atoms with E-state index >= 15 is 0 Å². The molecule has 27 heavy (non-hydrogen) atoms. The van der Waals surface area contributed by atoms with Gasteiger partial charge in [-0.05, 0) is 17.7 Å². The van der Waals surface area contributed by atoms with Crippen molar-refractivity contribution in [1.29, 1.82) is 0 Å². The summed E-state index contributed by atoms with van der Waals surface area (Å²) >= 11 is 0. The summed E-state index contributed by atoms with van der Waals surface area (Å²) in [5.41, 5.74) is 2.87. The van der Waals surface area contributed by atoms with Crippen LogP contribution in [0.5, 0.6) is 0 Å². The number of nitrogens with zero attached hydrogens (tertiary/aromatic N) is 2. The van der Waals surface area contributed by atoms with Gasteiger partial charge in [0.15, 0.2) is 11.5 Å². The molecule has 0 unspecified atom stereocenters.